The molecule has 0 aromatic heterocycles. The standard InChI is InChI=1S/C22H27F3/c1-2-3-14-4-6-15(7-5-14)17-10-22(11-17)12-18(13-22)16-8-19(23)21(25)20(24)9-16/h8-9,12,14-15,17H,2-7,10-11,13H2,1H3/t14-,15-,17?,22?. The van der Waals surface area contributed by atoms with Crippen LogP contribution in [0.5, 0.6) is 0 Å². The first-order valence-corrected chi connectivity index (χ1v) is 9.86. The number of rotatable bonds is 4. The Hall–Kier alpha value is -1.25. The van der Waals surface area contributed by atoms with Crippen molar-refractivity contribution in [2.24, 2.45) is 23.2 Å². The number of allylic oxidation sites excluding steroid dienone is 2. The van der Waals surface area contributed by atoms with Crippen molar-refractivity contribution in [2.45, 2.75) is 64.7 Å². The second-order valence-corrected chi connectivity index (χ2v) is 8.70. The van der Waals surface area contributed by atoms with E-state index in [4.69, 9.17) is 0 Å². The van der Waals surface area contributed by atoms with Crippen LogP contribution in [0.4, 0.5) is 13.2 Å². The zero-order valence-corrected chi connectivity index (χ0v) is 15.0. The second-order valence-electron chi connectivity index (χ2n) is 8.70. The van der Waals surface area contributed by atoms with E-state index in [1.165, 1.54) is 51.4 Å². The second kappa shape index (κ2) is 6.48. The monoisotopic (exact) mass is 348 g/mol. The molecule has 3 aliphatic rings. The van der Waals surface area contributed by atoms with E-state index < -0.39 is 17.5 Å². The number of halogens is 3. The van der Waals surface area contributed by atoms with Gasteiger partial charge in [0.1, 0.15) is 0 Å². The van der Waals surface area contributed by atoms with Crippen LogP contribution in [-0.4, -0.2) is 0 Å². The first-order valence-electron chi connectivity index (χ1n) is 9.86. The zero-order chi connectivity index (χ0) is 17.6. The maximum absolute atomic E-state index is 13.4. The number of hydrogen-bond acceptors (Lipinski definition) is 0. The van der Waals surface area contributed by atoms with Crippen molar-refractivity contribution < 1.29 is 13.2 Å². The van der Waals surface area contributed by atoms with Gasteiger partial charge in [-0.05, 0) is 78.5 Å². The summed E-state index contributed by atoms with van der Waals surface area (Å²) in [4.78, 5) is 0. The van der Waals surface area contributed by atoms with Crippen molar-refractivity contribution in [3.8, 4) is 0 Å². The first kappa shape index (κ1) is 17.2. The Balaban J connectivity index is 1.33. The van der Waals surface area contributed by atoms with Crippen LogP contribution >= 0.6 is 0 Å². The number of benzene rings is 1. The van der Waals surface area contributed by atoms with Crippen LogP contribution in [0.1, 0.15) is 70.3 Å². The summed E-state index contributed by atoms with van der Waals surface area (Å²) in [5.74, 6) is -0.882. The third-order valence-electron chi connectivity index (χ3n) is 6.97. The van der Waals surface area contributed by atoms with Gasteiger partial charge in [0.25, 0.3) is 0 Å². The lowest BCUT2D eigenvalue weighted by atomic mass is 9.49. The van der Waals surface area contributed by atoms with Crippen LogP contribution in [0.15, 0.2) is 18.2 Å². The molecule has 0 nitrogen and oxygen atoms in total. The van der Waals surface area contributed by atoms with Crippen molar-refractivity contribution >= 4 is 5.57 Å². The molecular formula is C22H27F3. The molecule has 4 rings (SSSR count). The molecule has 25 heavy (non-hydrogen) atoms. The molecule has 3 aliphatic carbocycles. The van der Waals surface area contributed by atoms with Crippen LogP contribution in [0.3, 0.4) is 0 Å². The zero-order valence-electron chi connectivity index (χ0n) is 15.0. The Morgan fingerprint density at radius 3 is 2.12 bits per heavy atom. The lowest BCUT2D eigenvalue weighted by Crippen LogP contribution is -2.44. The van der Waals surface area contributed by atoms with Gasteiger partial charge in [0.05, 0.1) is 0 Å². The van der Waals surface area contributed by atoms with Crippen LogP contribution in [0.2, 0.25) is 0 Å². The molecule has 3 heteroatoms. The minimum Gasteiger partial charge on any atom is -0.204 e. The van der Waals surface area contributed by atoms with Gasteiger partial charge in [-0.1, -0.05) is 38.7 Å². The lowest BCUT2D eigenvalue weighted by Gasteiger charge is -2.55. The van der Waals surface area contributed by atoms with Gasteiger partial charge in [0.15, 0.2) is 17.5 Å². The van der Waals surface area contributed by atoms with Crippen LogP contribution in [0.25, 0.3) is 5.57 Å². The molecule has 1 aromatic carbocycles. The summed E-state index contributed by atoms with van der Waals surface area (Å²) in [6, 6.07) is 2.25. The van der Waals surface area contributed by atoms with Crippen molar-refractivity contribution in [2.75, 3.05) is 0 Å². The molecule has 0 radical (unpaired) electrons. The van der Waals surface area contributed by atoms with Gasteiger partial charge in [-0.15, -0.1) is 0 Å². The van der Waals surface area contributed by atoms with Crippen molar-refractivity contribution in [3.05, 3.63) is 41.2 Å². The Morgan fingerprint density at radius 2 is 1.56 bits per heavy atom. The van der Waals surface area contributed by atoms with E-state index >= 15 is 0 Å². The average molecular weight is 348 g/mol. The highest BCUT2D eigenvalue weighted by Crippen LogP contribution is 2.62. The molecule has 0 saturated heterocycles. The van der Waals surface area contributed by atoms with Gasteiger partial charge < -0.3 is 0 Å². The van der Waals surface area contributed by atoms with Crippen molar-refractivity contribution in [1.29, 1.82) is 0 Å². The van der Waals surface area contributed by atoms with Crippen LogP contribution < -0.4 is 0 Å². The molecule has 0 aliphatic heterocycles. The summed E-state index contributed by atoms with van der Waals surface area (Å²) in [6.45, 7) is 2.28. The van der Waals surface area contributed by atoms with Gasteiger partial charge in [-0.3, -0.25) is 0 Å². The topological polar surface area (TPSA) is 0 Å². The third kappa shape index (κ3) is 3.15. The molecule has 136 valence electrons. The Kier molecular flexibility index (Phi) is 4.45. The lowest BCUT2D eigenvalue weighted by molar-refractivity contribution is 0.0286. The molecule has 0 unspecified atom stereocenters. The smallest absolute Gasteiger partial charge is 0.194 e. The summed E-state index contributed by atoms with van der Waals surface area (Å²) in [6.07, 6.45) is 13.8. The van der Waals surface area contributed by atoms with E-state index in [0.717, 1.165) is 41.9 Å². The molecule has 1 aromatic rings. The highest BCUT2D eigenvalue weighted by molar-refractivity contribution is 5.73. The maximum atomic E-state index is 13.4. The fraction of sp³-hybridized carbons (Fsp3) is 0.636. The van der Waals surface area contributed by atoms with E-state index in [2.05, 4.69) is 13.0 Å². The highest BCUT2D eigenvalue weighted by Gasteiger charge is 2.50. The summed E-state index contributed by atoms with van der Waals surface area (Å²) < 4.78 is 39.9. The average Bonchev–Trinajstić information content (AvgIpc) is 2.51. The molecule has 2 fully saturated rings. The molecule has 0 atom stereocenters. The molecule has 2 saturated carbocycles. The SMILES string of the molecule is CCC[C@H]1CC[C@H](C2CC3(C=C(c4cc(F)c(F)c(F)c4)C3)C2)CC1. The normalized spacial score (nSPS) is 34.4. The van der Waals surface area contributed by atoms with E-state index in [0.29, 0.717) is 5.56 Å². The minimum absolute atomic E-state index is 0.265. The molecule has 0 heterocycles. The fourth-order valence-electron chi connectivity index (χ4n) is 5.58. The number of hydrogen-bond donors (Lipinski definition) is 0. The van der Waals surface area contributed by atoms with Crippen molar-refractivity contribution in [3.63, 3.8) is 0 Å². The molecule has 0 amide bonds. The highest BCUT2D eigenvalue weighted by atomic mass is 19.2. The molecule has 0 bridgehead atoms. The van der Waals surface area contributed by atoms with Crippen LogP contribution in [-0.2, 0) is 0 Å². The quantitative estimate of drug-likeness (QED) is 0.519. The molecule has 0 N–H and O–H groups in total. The van der Waals surface area contributed by atoms with Crippen LogP contribution in [0, 0.1) is 40.6 Å². The molecular weight excluding hydrogens is 321 g/mol. The Bertz CT molecular complexity index is 654. The maximum Gasteiger partial charge on any atom is 0.194 e. The Morgan fingerprint density at radius 1 is 0.960 bits per heavy atom. The summed E-state index contributed by atoms with van der Waals surface area (Å²) in [5.41, 5.74) is 1.75. The van der Waals surface area contributed by atoms with E-state index in [9.17, 15) is 13.2 Å². The molecule has 1 spiro atoms. The summed E-state index contributed by atoms with van der Waals surface area (Å²) in [7, 11) is 0. The van der Waals surface area contributed by atoms with Gasteiger partial charge >= 0.3 is 0 Å². The van der Waals surface area contributed by atoms with Gasteiger partial charge in [-0.2, -0.15) is 0 Å². The summed E-state index contributed by atoms with van der Waals surface area (Å²) >= 11 is 0. The third-order valence-corrected chi connectivity index (χ3v) is 6.97. The Labute approximate surface area is 148 Å². The van der Waals surface area contributed by atoms with Gasteiger partial charge in [-0.25, -0.2) is 13.2 Å². The van der Waals surface area contributed by atoms with E-state index in [-0.39, 0.29) is 5.41 Å². The van der Waals surface area contributed by atoms with E-state index in [1.807, 2.05) is 0 Å². The first-order chi connectivity index (χ1) is 12.0. The van der Waals surface area contributed by atoms with Gasteiger partial charge in [0.2, 0.25) is 0 Å². The fourth-order valence-corrected chi connectivity index (χ4v) is 5.58. The minimum atomic E-state index is -1.37. The van der Waals surface area contributed by atoms with Crippen molar-refractivity contribution in [1.82, 2.24) is 0 Å². The van der Waals surface area contributed by atoms with E-state index in [1.54, 1.807) is 0 Å². The van der Waals surface area contributed by atoms with Gasteiger partial charge in [0, 0.05) is 0 Å². The summed E-state index contributed by atoms with van der Waals surface area (Å²) in [5, 5.41) is 0. The predicted molar refractivity (Wildman–Crippen MR) is 94.4 cm³/mol. The largest absolute Gasteiger partial charge is 0.204 e. The predicted octanol–water partition coefficient (Wildman–Crippen LogP) is 6.89.